The Balaban J connectivity index is 3.14. The Labute approximate surface area is 88.5 Å². The third-order valence-electron chi connectivity index (χ3n) is 2.12. The standard InChI is InChI=1S/C10H14NO3P/c1-15(2,14)8-5-3-4-7(6-8)9(11)10(12)13/h3-6,9H,11H2,1-2H3,(H,12,13). The number of hydrogen-bond donors (Lipinski definition) is 2. The molecule has 0 saturated heterocycles. The van der Waals surface area contributed by atoms with E-state index in [1.54, 1.807) is 37.6 Å². The van der Waals surface area contributed by atoms with Crippen molar-refractivity contribution in [1.82, 2.24) is 0 Å². The van der Waals surface area contributed by atoms with E-state index in [2.05, 4.69) is 0 Å². The molecule has 1 atom stereocenters. The number of aliphatic carboxylic acids is 1. The number of benzene rings is 1. The van der Waals surface area contributed by atoms with Crippen LogP contribution in [0.25, 0.3) is 0 Å². The molecule has 0 spiro atoms. The molecule has 0 bridgehead atoms. The molecule has 0 saturated carbocycles. The predicted molar refractivity (Wildman–Crippen MR) is 60.1 cm³/mol. The molecule has 82 valence electrons. The van der Waals surface area contributed by atoms with Crippen LogP contribution in [-0.4, -0.2) is 24.4 Å². The second kappa shape index (κ2) is 4.17. The Morgan fingerprint density at radius 3 is 2.53 bits per heavy atom. The first-order chi connectivity index (χ1) is 6.82. The van der Waals surface area contributed by atoms with Gasteiger partial charge in [0.25, 0.3) is 0 Å². The summed E-state index contributed by atoms with van der Waals surface area (Å²) in [4.78, 5) is 10.7. The van der Waals surface area contributed by atoms with Crippen molar-refractivity contribution >= 4 is 18.4 Å². The van der Waals surface area contributed by atoms with Gasteiger partial charge in [-0.25, -0.2) is 0 Å². The van der Waals surface area contributed by atoms with E-state index in [-0.39, 0.29) is 0 Å². The van der Waals surface area contributed by atoms with Crippen LogP contribution in [0.3, 0.4) is 0 Å². The van der Waals surface area contributed by atoms with Gasteiger partial charge in [-0.3, -0.25) is 4.79 Å². The minimum absolute atomic E-state index is 0.476. The third-order valence-corrected chi connectivity index (χ3v) is 3.64. The Hall–Kier alpha value is -1.12. The molecule has 1 rings (SSSR count). The van der Waals surface area contributed by atoms with Crippen LogP contribution < -0.4 is 11.0 Å². The molecular formula is C10H14NO3P. The normalized spacial score (nSPS) is 13.5. The predicted octanol–water partition coefficient (Wildman–Crippen LogP) is 1.02. The van der Waals surface area contributed by atoms with E-state index in [1.165, 1.54) is 0 Å². The van der Waals surface area contributed by atoms with E-state index in [4.69, 9.17) is 10.8 Å². The molecule has 0 amide bonds. The summed E-state index contributed by atoms with van der Waals surface area (Å²) in [5.41, 5.74) is 5.94. The molecule has 0 radical (unpaired) electrons. The summed E-state index contributed by atoms with van der Waals surface area (Å²) < 4.78 is 11.8. The number of nitrogens with two attached hydrogens (primary N) is 1. The Morgan fingerprint density at radius 1 is 1.47 bits per heavy atom. The van der Waals surface area contributed by atoms with Gasteiger partial charge in [0, 0.05) is 5.30 Å². The van der Waals surface area contributed by atoms with Crippen LogP contribution >= 0.6 is 7.14 Å². The van der Waals surface area contributed by atoms with Crippen LogP contribution in [0, 0.1) is 0 Å². The van der Waals surface area contributed by atoms with E-state index in [9.17, 15) is 9.36 Å². The van der Waals surface area contributed by atoms with Crippen molar-refractivity contribution in [1.29, 1.82) is 0 Å². The largest absolute Gasteiger partial charge is 0.480 e. The first-order valence-corrected chi connectivity index (χ1v) is 7.06. The molecule has 0 aromatic heterocycles. The molecule has 0 aliphatic rings. The average Bonchev–Trinajstić information content (AvgIpc) is 2.15. The fourth-order valence-electron chi connectivity index (χ4n) is 1.20. The molecule has 4 nitrogen and oxygen atoms in total. The van der Waals surface area contributed by atoms with Crippen molar-refractivity contribution in [2.24, 2.45) is 5.73 Å². The van der Waals surface area contributed by atoms with Crippen molar-refractivity contribution in [3.8, 4) is 0 Å². The summed E-state index contributed by atoms with van der Waals surface area (Å²) in [5.74, 6) is -1.09. The average molecular weight is 227 g/mol. The molecule has 1 aromatic rings. The number of carboxylic acids is 1. The molecule has 15 heavy (non-hydrogen) atoms. The maximum Gasteiger partial charge on any atom is 0.325 e. The highest BCUT2D eigenvalue weighted by Crippen LogP contribution is 2.34. The molecule has 3 N–H and O–H groups in total. The van der Waals surface area contributed by atoms with Gasteiger partial charge in [-0.05, 0) is 25.0 Å². The summed E-state index contributed by atoms with van der Waals surface area (Å²) in [6.07, 6.45) is 0. The first kappa shape index (κ1) is 12.0. The monoisotopic (exact) mass is 227 g/mol. The van der Waals surface area contributed by atoms with E-state index in [0.717, 1.165) is 0 Å². The fourth-order valence-corrected chi connectivity index (χ4v) is 2.10. The first-order valence-electron chi connectivity index (χ1n) is 4.46. The summed E-state index contributed by atoms with van der Waals surface area (Å²) in [6.45, 7) is 3.27. The maximum atomic E-state index is 11.8. The molecule has 0 fully saturated rings. The minimum Gasteiger partial charge on any atom is -0.480 e. The smallest absolute Gasteiger partial charge is 0.325 e. The van der Waals surface area contributed by atoms with Gasteiger partial charge >= 0.3 is 5.97 Å². The zero-order chi connectivity index (χ0) is 11.6. The van der Waals surface area contributed by atoms with Gasteiger partial charge in [-0.15, -0.1) is 0 Å². The van der Waals surface area contributed by atoms with Crippen molar-refractivity contribution in [3.63, 3.8) is 0 Å². The SMILES string of the molecule is CP(C)(=O)c1cccc(C(N)C(=O)O)c1. The number of carboxylic acid groups (broad SMARTS) is 1. The van der Waals surface area contributed by atoms with E-state index < -0.39 is 19.2 Å². The molecule has 1 unspecified atom stereocenters. The van der Waals surface area contributed by atoms with Crippen LogP contribution in [0.4, 0.5) is 0 Å². The summed E-state index contributed by atoms with van der Waals surface area (Å²) >= 11 is 0. The van der Waals surface area contributed by atoms with Crippen LogP contribution in [0.1, 0.15) is 11.6 Å². The lowest BCUT2D eigenvalue weighted by atomic mass is 10.1. The van der Waals surface area contributed by atoms with E-state index >= 15 is 0 Å². The van der Waals surface area contributed by atoms with Gasteiger partial charge in [0.05, 0.1) is 0 Å². The van der Waals surface area contributed by atoms with Crippen LogP contribution in [0.5, 0.6) is 0 Å². The molecule has 1 aromatic carbocycles. The van der Waals surface area contributed by atoms with Gasteiger partial charge in [0.2, 0.25) is 0 Å². The lowest BCUT2D eigenvalue weighted by molar-refractivity contribution is -0.138. The Kier molecular flexibility index (Phi) is 3.32. The minimum atomic E-state index is -2.36. The number of carbonyl (C=O) groups is 1. The summed E-state index contributed by atoms with van der Waals surface area (Å²) in [7, 11) is -2.36. The van der Waals surface area contributed by atoms with Crippen LogP contribution in [0.15, 0.2) is 24.3 Å². The van der Waals surface area contributed by atoms with Crippen molar-refractivity contribution < 1.29 is 14.5 Å². The second-order valence-corrected chi connectivity index (χ2v) is 6.98. The Bertz CT molecular complexity index is 424. The quantitative estimate of drug-likeness (QED) is 0.755. The second-order valence-electron chi connectivity index (χ2n) is 3.76. The van der Waals surface area contributed by atoms with Gasteiger partial charge in [0.1, 0.15) is 13.2 Å². The lowest BCUT2D eigenvalue weighted by Crippen LogP contribution is -2.21. The zero-order valence-electron chi connectivity index (χ0n) is 8.68. The fraction of sp³-hybridized carbons (Fsp3) is 0.300. The molecule has 5 heteroatoms. The number of hydrogen-bond acceptors (Lipinski definition) is 3. The van der Waals surface area contributed by atoms with Gasteiger partial charge in [-0.2, -0.15) is 0 Å². The van der Waals surface area contributed by atoms with Crippen molar-refractivity contribution in [2.75, 3.05) is 13.3 Å². The molecule has 0 heterocycles. The molecular weight excluding hydrogens is 213 g/mol. The highest BCUT2D eigenvalue weighted by Gasteiger charge is 2.17. The van der Waals surface area contributed by atoms with Gasteiger partial charge in [0.15, 0.2) is 0 Å². The van der Waals surface area contributed by atoms with E-state index in [1.807, 2.05) is 0 Å². The molecule has 0 aliphatic carbocycles. The Morgan fingerprint density at radius 2 is 2.07 bits per heavy atom. The highest BCUT2D eigenvalue weighted by atomic mass is 31.2. The maximum absolute atomic E-state index is 11.8. The third kappa shape index (κ3) is 2.91. The summed E-state index contributed by atoms with van der Waals surface area (Å²) in [6, 6.07) is 5.56. The zero-order valence-corrected chi connectivity index (χ0v) is 9.57. The topological polar surface area (TPSA) is 80.4 Å². The number of rotatable bonds is 3. The highest BCUT2D eigenvalue weighted by molar-refractivity contribution is 7.70. The lowest BCUT2D eigenvalue weighted by Gasteiger charge is -2.11. The van der Waals surface area contributed by atoms with Crippen molar-refractivity contribution in [2.45, 2.75) is 6.04 Å². The van der Waals surface area contributed by atoms with Gasteiger partial charge < -0.3 is 15.4 Å². The van der Waals surface area contributed by atoms with Crippen LogP contribution in [-0.2, 0) is 9.36 Å². The van der Waals surface area contributed by atoms with E-state index in [0.29, 0.717) is 10.9 Å². The van der Waals surface area contributed by atoms with Crippen molar-refractivity contribution in [3.05, 3.63) is 29.8 Å². The summed E-state index contributed by atoms with van der Waals surface area (Å²) in [5, 5.41) is 9.38. The van der Waals surface area contributed by atoms with Crippen LogP contribution in [0.2, 0.25) is 0 Å². The van der Waals surface area contributed by atoms with Gasteiger partial charge in [-0.1, -0.05) is 18.2 Å². The molecule has 0 aliphatic heterocycles.